The summed E-state index contributed by atoms with van der Waals surface area (Å²) in [6.45, 7) is 5.55. The van der Waals surface area contributed by atoms with Crippen LogP contribution in [0.5, 0.6) is 0 Å². The van der Waals surface area contributed by atoms with E-state index in [1.54, 1.807) is 7.11 Å². The maximum Gasteiger partial charge on any atom is 0.0652 e. The molecule has 1 aromatic heterocycles. The minimum atomic E-state index is 0.254. The second-order valence-electron chi connectivity index (χ2n) is 5.40. The molecule has 0 saturated heterocycles. The van der Waals surface area contributed by atoms with Crippen LogP contribution in [0.25, 0.3) is 0 Å². The molecule has 3 heteroatoms. The fourth-order valence-corrected chi connectivity index (χ4v) is 2.57. The lowest BCUT2D eigenvalue weighted by Crippen LogP contribution is -2.60. The van der Waals surface area contributed by atoms with Crippen molar-refractivity contribution in [1.82, 2.24) is 10.3 Å². The van der Waals surface area contributed by atoms with Gasteiger partial charge in [-0.15, -0.1) is 0 Å². The molecule has 2 atom stereocenters. The summed E-state index contributed by atoms with van der Waals surface area (Å²) >= 11 is 0. The zero-order chi connectivity index (χ0) is 12.3. The fourth-order valence-electron chi connectivity index (χ4n) is 2.57. The van der Waals surface area contributed by atoms with Crippen LogP contribution in [-0.4, -0.2) is 30.8 Å². The maximum atomic E-state index is 5.45. The van der Waals surface area contributed by atoms with Gasteiger partial charge in [0.05, 0.1) is 6.10 Å². The van der Waals surface area contributed by atoms with Crippen molar-refractivity contribution < 1.29 is 4.74 Å². The topological polar surface area (TPSA) is 34.1 Å². The van der Waals surface area contributed by atoms with E-state index in [4.69, 9.17) is 4.74 Å². The zero-order valence-corrected chi connectivity index (χ0v) is 10.9. The standard InChI is InChI=1S/C14H22N2O/c1-14(2)12(9-13(14)17-3)16-8-6-11-5-4-7-15-10-11/h4-5,7,10,12-13,16H,6,8-9H2,1-3H3. The van der Waals surface area contributed by atoms with Gasteiger partial charge in [-0.05, 0) is 31.0 Å². The molecule has 94 valence electrons. The first-order chi connectivity index (χ1) is 8.14. The van der Waals surface area contributed by atoms with Crippen LogP contribution in [0, 0.1) is 5.41 Å². The molecule has 17 heavy (non-hydrogen) atoms. The Morgan fingerprint density at radius 1 is 1.53 bits per heavy atom. The quantitative estimate of drug-likeness (QED) is 0.846. The van der Waals surface area contributed by atoms with Crippen LogP contribution in [-0.2, 0) is 11.2 Å². The maximum absolute atomic E-state index is 5.45. The molecule has 0 bridgehead atoms. The van der Waals surface area contributed by atoms with Crippen molar-refractivity contribution >= 4 is 0 Å². The van der Waals surface area contributed by atoms with Crippen molar-refractivity contribution in [2.45, 2.75) is 38.8 Å². The smallest absolute Gasteiger partial charge is 0.0652 e. The summed E-state index contributed by atoms with van der Waals surface area (Å²) < 4.78 is 5.45. The average Bonchev–Trinajstić information content (AvgIpc) is 2.34. The van der Waals surface area contributed by atoms with E-state index in [2.05, 4.69) is 30.2 Å². The van der Waals surface area contributed by atoms with Gasteiger partial charge in [0, 0.05) is 31.0 Å². The van der Waals surface area contributed by atoms with Gasteiger partial charge in [0.2, 0.25) is 0 Å². The van der Waals surface area contributed by atoms with Gasteiger partial charge in [0.15, 0.2) is 0 Å². The van der Waals surface area contributed by atoms with E-state index in [1.165, 1.54) is 5.56 Å². The number of nitrogens with zero attached hydrogens (tertiary/aromatic N) is 1. The van der Waals surface area contributed by atoms with Gasteiger partial charge in [-0.25, -0.2) is 0 Å². The molecule has 3 nitrogen and oxygen atoms in total. The molecular formula is C14H22N2O. The van der Waals surface area contributed by atoms with Crippen LogP contribution < -0.4 is 5.32 Å². The number of pyridine rings is 1. The van der Waals surface area contributed by atoms with Gasteiger partial charge in [0.1, 0.15) is 0 Å². The van der Waals surface area contributed by atoms with Crippen LogP contribution >= 0.6 is 0 Å². The first-order valence-corrected chi connectivity index (χ1v) is 6.29. The van der Waals surface area contributed by atoms with Crippen molar-refractivity contribution in [3.05, 3.63) is 30.1 Å². The van der Waals surface area contributed by atoms with E-state index >= 15 is 0 Å². The predicted molar refractivity (Wildman–Crippen MR) is 68.9 cm³/mol. The van der Waals surface area contributed by atoms with Crippen molar-refractivity contribution in [1.29, 1.82) is 0 Å². The van der Waals surface area contributed by atoms with Crippen molar-refractivity contribution in [3.63, 3.8) is 0 Å². The van der Waals surface area contributed by atoms with Gasteiger partial charge in [-0.1, -0.05) is 19.9 Å². The highest BCUT2D eigenvalue weighted by atomic mass is 16.5. The Labute approximate surface area is 104 Å². The second-order valence-corrected chi connectivity index (χ2v) is 5.40. The highest BCUT2D eigenvalue weighted by Gasteiger charge is 2.47. The summed E-state index contributed by atoms with van der Waals surface area (Å²) in [6, 6.07) is 4.69. The van der Waals surface area contributed by atoms with Gasteiger partial charge in [0.25, 0.3) is 0 Å². The molecule has 2 rings (SSSR count). The van der Waals surface area contributed by atoms with Gasteiger partial charge < -0.3 is 10.1 Å². The van der Waals surface area contributed by atoms with E-state index < -0.39 is 0 Å². The highest BCUT2D eigenvalue weighted by Crippen LogP contribution is 2.42. The molecule has 0 aliphatic heterocycles. The van der Waals surface area contributed by atoms with Crippen molar-refractivity contribution in [2.75, 3.05) is 13.7 Å². The number of hydrogen-bond donors (Lipinski definition) is 1. The third kappa shape index (κ3) is 2.67. The fraction of sp³-hybridized carbons (Fsp3) is 0.643. The molecule has 0 amide bonds. The molecule has 1 N–H and O–H groups in total. The molecule has 1 fully saturated rings. The Morgan fingerprint density at radius 2 is 2.35 bits per heavy atom. The summed E-state index contributed by atoms with van der Waals surface area (Å²) in [5.41, 5.74) is 1.55. The first kappa shape index (κ1) is 12.5. The average molecular weight is 234 g/mol. The summed E-state index contributed by atoms with van der Waals surface area (Å²) in [6.07, 6.45) is 6.31. The van der Waals surface area contributed by atoms with Crippen molar-refractivity contribution in [3.8, 4) is 0 Å². The zero-order valence-electron chi connectivity index (χ0n) is 10.9. The highest BCUT2D eigenvalue weighted by molar-refractivity contribution is 5.09. The van der Waals surface area contributed by atoms with E-state index in [1.807, 2.05) is 18.5 Å². The molecule has 0 aromatic carbocycles. The molecular weight excluding hydrogens is 212 g/mol. The largest absolute Gasteiger partial charge is 0.381 e. The Kier molecular flexibility index (Phi) is 3.79. The summed E-state index contributed by atoms with van der Waals surface area (Å²) in [7, 11) is 1.80. The monoisotopic (exact) mass is 234 g/mol. The van der Waals surface area contributed by atoms with Crippen LogP contribution in [0.3, 0.4) is 0 Å². The molecule has 1 aromatic rings. The number of aromatic nitrogens is 1. The SMILES string of the molecule is COC1CC(NCCc2cccnc2)C1(C)C. The predicted octanol–water partition coefficient (Wildman–Crippen LogP) is 2.03. The van der Waals surface area contributed by atoms with E-state index in [-0.39, 0.29) is 5.41 Å². The number of rotatable bonds is 5. The molecule has 0 radical (unpaired) electrons. The molecule has 1 heterocycles. The molecule has 1 saturated carbocycles. The Bertz CT molecular complexity index is 350. The lowest BCUT2D eigenvalue weighted by molar-refractivity contribution is -0.0971. The van der Waals surface area contributed by atoms with Crippen LogP contribution in [0.2, 0.25) is 0 Å². The normalized spacial score (nSPS) is 26.5. The molecule has 1 aliphatic rings. The van der Waals surface area contributed by atoms with Gasteiger partial charge in [-0.2, -0.15) is 0 Å². The summed E-state index contributed by atoms with van der Waals surface area (Å²) in [4.78, 5) is 4.12. The summed E-state index contributed by atoms with van der Waals surface area (Å²) in [5.74, 6) is 0. The van der Waals surface area contributed by atoms with Crippen LogP contribution in [0.4, 0.5) is 0 Å². The van der Waals surface area contributed by atoms with Crippen LogP contribution in [0.1, 0.15) is 25.8 Å². The Balaban J connectivity index is 1.74. The lowest BCUT2D eigenvalue weighted by Gasteiger charge is -2.51. The molecule has 0 spiro atoms. The minimum Gasteiger partial charge on any atom is -0.381 e. The Morgan fingerprint density at radius 3 is 2.94 bits per heavy atom. The van der Waals surface area contributed by atoms with Gasteiger partial charge >= 0.3 is 0 Å². The van der Waals surface area contributed by atoms with E-state index in [0.29, 0.717) is 12.1 Å². The first-order valence-electron chi connectivity index (χ1n) is 6.29. The van der Waals surface area contributed by atoms with E-state index in [0.717, 1.165) is 19.4 Å². The summed E-state index contributed by atoms with van der Waals surface area (Å²) in [5, 5.41) is 3.61. The van der Waals surface area contributed by atoms with Crippen LogP contribution in [0.15, 0.2) is 24.5 Å². The van der Waals surface area contributed by atoms with E-state index in [9.17, 15) is 0 Å². The number of nitrogens with one attached hydrogen (secondary N) is 1. The number of hydrogen-bond acceptors (Lipinski definition) is 3. The van der Waals surface area contributed by atoms with Crippen molar-refractivity contribution in [2.24, 2.45) is 5.41 Å². The number of methoxy groups -OCH3 is 1. The third-order valence-electron chi connectivity index (χ3n) is 3.99. The molecule has 2 unspecified atom stereocenters. The van der Waals surface area contributed by atoms with Gasteiger partial charge in [-0.3, -0.25) is 4.98 Å². The Hall–Kier alpha value is -0.930. The molecule has 1 aliphatic carbocycles. The second kappa shape index (κ2) is 5.15. The number of ether oxygens (including phenoxy) is 1. The third-order valence-corrected chi connectivity index (χ3v) is 3.99. The lowest BCUT2D eigenvalue weighted by atomic mass is 9.64. The minimum absolute atomic E-state index is 0.254.